The molecule has 0 saturated heterocycles. The van der Waals surface area contributed by atoms with Crippen molar-refractivity contribution in [1.82, 2.24) is 0 Å². The van der Waals surface area contributed by atoms with Gasteiger partial charge in [-0.25, -0.2) is 0 Å². The second-order valence-corrected chi connectivity index (χ2v) is 5.63. The van der Waals surface area contributed by atoms with Gasteiger partial charge in [-0.05, 0) is 49.2 Å². The first kappa shape index (κ1) is 13.7. The largest absolute Gasteiger partial charge is 0.502 e. The Balaban J connectivity index is 2.01. The maximum Gasteiger partial charge on any atom is 0.235 e. The van der Waals surface area contributed by atoms with Gasteiger partial charge in [0.1, 0.15) is 5.58 Å². The van der Waals surface area contributed by atoms with Crippen molar-refractivity contribution in [2.24, 2.45) is 0 Å². The van der Waals surface area contributed by atoms with Crippen molar-refractivity contribution < 1.29 is 19.0 Å². The monoisotopic (exact) mass is 310 g/mol. The molecule has 116 valence electrons. The lowest BCUT2D eigenvalue weighted by Crippen LogP contribution is -2.04. The molecule has 0 bridgehead atoms. The molecule has 1 N–H and O–H groups in total. The van der Waals surface area contributed by atoms with Crippen molar-refractivity contribution in [2.75, 3.05) is 6.79 Å². The van der Waals surface area contributed by atoms with Gasteiger partial charge in [0.25, 0.3) is 0 Å². The highest BCUT2D eigenvalue weighted by Gasteiger charge is 2.20. The second-order valence-electron chi connectivity index (χ2n) is 5.63. The molecule has 0 fully saturated rings. The van der Waals surface area contributed by atoms with Crippen molar-refractivity contribution in [2.45, 2.75) is 13.8 Å². The molecule has 0 amide bonds. The molecule has 0 unspecified atom stereocenters. The number of aryl methyl sites for hydroxylation is 2. The molecular weight excluding hydrogens is 296 g/mol. The minimum absolute atomic E-state index is 0.130. The lowest BCUT2D eigenvalue weighted by atomic mass is 10.0. The van der Waals surface area contributed by atoms with Crippen LogP contribution < -0.4 is 14.9 Å². The van der Waals surface area contributed by atoms with Crippen LogP contribution in [0.25, 0.3) is 22.3 Å². The second kappa shape index (κ2) is 4.78. The first-order valence-corrected chi connectivity index (χ1v) is 7.21. The maximum atomic E-state index is 12.5. The lowest BCUT2D eigenvalue weighted by molar-refractivity contribution is 0.174. The molecule has 0 atom stereocenters. The fraction of sp³-hybridized carbons (Fsp3) is 0.167. The summed E-state index contributed by atoms with van der Waals surface area (Å²) in [5.41, 5.74) is 2.35. The zero-order valence-corrected chi connectivity index (χ0v) is 12.7. The fourth-order valence-electron chi connectivity index (χ4n) is 2.91. The van der Waals surface area contributed by atoms with Gasteiger partial charge in [-0.2, -0.15) is 0 Å². The molecule has 5 heteroatoms. The SMILES string of the molecule is Cc1cc(C)c2c(=O)c(O)c(-c3ccc4c(c3)OCO4)oc2c1. The van der Waals surface area contributed by atoms with Crippen molar-refractivity contribution >= 4 is 11.0 Å². The van der Waals surface area contributed by atoms with Gasteiger partial charge < -0.3 is 19.0 Å². The summed E-state index contributed by atoms with van der Waals surface area (Å²) in [7, 11) is 0. The van der Waals surface area contributed by atoms with Crippen LogP contribution in [0, 0.1) is 13.8 Å². The smallest absolute Gasteiger partial charge is 0.235 e. The molecule has 5 nitrogen and oxygen atoms in total. The number of benzene rings is 2. The van der Waals surface area contributed by atoms with Crippen molar-refractivity contribution in [3.8, 4) is 28.6 Å². The highest BCUT2D eigenvalue weighted by atomic mass is 16.7. The Hall–Kier alpha value is -2.95. The predicted molar refractivity (Wildman–Crippen MR) is 85.2 cm³/mol. The highest BCUT2D eigenvalue weighted by Crippen LogP contribution is 2.38. The van der Waals surface area contributed by atoms with Gasteiger partial charge in [-0.1, -0.05) is 6.07 Å². The number of rotatable bonds is 1. The third kappa shape index (κ3) is 2.04. The standard InChI is InChI=1S/C18H14O5/c1-9-5-10(2)15-14(6-9)23-18(17(20)16(15)19)11-3-4-12-13(7-11)22-8-21-12/h3-7,20H,8H2,1-2H3. The maximum absolute atomic E-state index is 12.5. The van der Waals surface area contributed by atoms with Gasteiger partial charge >= 0.3 is 0 Å². The molecular formula is C18H14O5. The van der Waals surface area contributed by atoms with Crippen LogP contribution in [0.4, 0.5) is 0 Å². The summed E-state index contributed by atoms with van der Waals surface area (Å²) in [5, 5.41) is 10.7. The van der Waals surface area contributed by atoms with Crippen LogP contribution >= 0.6 is 0 Å². The van der Waals surface area contributed by atoms with E-state index in [0.29, 0.717) is 28.0 Å². The summed E-state index contributed by atoms with van der Waals surface area (Å²) < 4.78 is 16.4. The Morgan fingerprint density at radius 2 is 1.83 bits per heavy atom. The topological polar surface area (TPSA) is 68.9 Å². The molecule has 3 aromatic rings. The zero-order valence-electron chi connectivity index (χ0n) is 12.7. The Labute approximate surface area is 131 Å². The molecule has 1 aliphatic rings. The van der Waals surface area contributed by atoms with Gasteiger partial charge in [0.05, 0.1) is 5.39 Å². The fourth-order valence-corrected chi connectivity index (χ4v) is 2.91. The Kier molecular flexibility index (Phi) is 2.84. The molecule has 2 aromatic carbocycles. The minimum Gasteiger partial charge on any atom is -0.502 e. The Morgan fingerprint density at radius 1 is 1.04 bits per heavy atom. The van der Waals surface area contributed by atoms with E-state index in [1.54, 1.807) is 24.3 Å². The minimum atomic E-state index is -0.434. The van der Waals surface area contributed by atoms with Crippen LogP contribution in [0.15, 0.2) is 39.5 Å². The molecule has 1 aromatic heterocycles. The van der Waals surface area contributed by atoms with E-state index in [-0.39, 0.29) is 12.6 Å². The third-order valence-electron chi connectivity index (χ3n) is 3.95. The Morgan fingerprint density at radius 3 is 2.65 bits per heavy atom. The predicted octanol–water partition coefficient (Wildman–Crippen LogP) is 3.51. The first-order chi connectivity index (χ1) is 11.0. The quantitative estimate of drug-likeness (QED) is 0.745. The van der Waals surface area contributed by atoms with Gasteiger partial charge in [0.2, 0.25) is 18.0 Å². The van der Waals surface area contributed by atoms with Crippen molar-refractivity contribution in [3.63, 3.8) is 0 Å². The number of fused-ring (bicyclic) bond motifs is 2. The lowest BCUT2D eigenvalue weighted by Gasteiger charge is -2.09. The zero-order chi connectivity index (χ0) is 16.1. The number of hydrogen-bond donors (Lipinski definition) is 1. The summed E-state index contributed by atoms with van der Waals surface area (Å²) in [4.78, 5) is 12.5. The number of aromatic hydroxyl groups is 1. The van der Waals surface area contributed by atoms with Crippen LogP contribution in [0.2, 0.25) is 0 Å². The van der Waals surface area contributed by atoms with Crippen LogP contribution in [-0.4, -0.2) is 11.9 Å². The van der Waals surface area contributed by atoms with E-state index in [2.05, 4.69) is 0 Å². The third-order valence-corrected chi connectivity index (χ3v) is 3.95. The van der Waals surface area contributed by atoms with Gasteiger partial charge in [-0.15, -0.1) is 0 Å². The summed E-state index contributed by atoms with van der Waals surface area (Å²) in [6.45, 7) is 3.91. The van der Waals surface area contributed by atoms with Crippen LogP contribution in [0.1, 0.15) is 11.1 Å². The van der Waals surface area contributed by atoms with E-state index in [4.69, 9.17) is 13.9 Å². The van der Waals surface area contributed by atoms with E-state index in [1.165, 1.54) is 0 Å². The molecule has 23 heavy (non-hydrogen) atoms. The molecule has 0 spiro atoms. The van der Waals surface area contributed by atoms with E-state index in [9.17, 15) is 9.90 Å². The van der Waals surface area contributed by atoms with Crippen LogP contribution in [0.5, 0.6) is 17.2 Å². The summed E-state index contributed by atoms with van der Waals surface area (Å²) in [6, 6.07) is 8.82. The summed E-state index contributed by atoms with van der Waals surface area (Å²) >= 11 is 0. The van der Waals surface area contributed by atoms with Crippen LogP contribution in [-0.2, 0) is 0 Å². The number of hydrogen-bond acceptors (Lipinski definition) is 5. The van der Waals surface area contributed by atoms with E-state index in [0.717, 1.165) is 11.1 Å². The van der Waals surface area contributed by atoms with Gasteiger partial charge in [0.15, 0.2) is 17.3 Å². The molecule has 0 aliphatic carbocycles. The van der Waals surface area contributed by atoms with E-state index >= 15 is 0 Å². The molecule has 2 heterocycles. The van der Waals surface area contributed by atoms with Crippen molar-refractivity contribution in [1.29, 1.82) is 0 Å². The molecule has 0 radical (unpaired) electrons. The average molecular weight is 310 g/mol. The highest BCUT2D eigenvalue weighted by molar-refractivity contribution is 5.85. The molecule has 0 saturated carbocycles. The van der Waals surface area contributed by atoms with Crippen LogP contribution in [0.3, 0.4) is 0 Å². The van der Waals surface area contributed by atoms with E-state index < -0.39 is 11.2 Å². The Bertz CT molecular complexity index is 1000. The first-order valence-electron chi connectivity index (χ1n) is 7.21. The normalized spacial score (nSPS) is 12.8. The summed E-state index contributed by atoms with van der Waals surface area (Å²) in [6.07, 6.45) is 0. The summed E-state index contributed by atoms with van der Waals surface area (Å²) in [5.74, 6) is 0.919. The molecule has 4 rings (SSSR count). The number of ether oxygens (including phenoxy) is 2. The van der Waals surface area contributed by atoms with Gasteiger partial charge in [0, 0.05) is 5.56 Å². The average Bonchev–Trinajstić information content (AvgIpc) is 2.97. The molecule has 1 aliphatic heterocycles. The van der Waals surface area contributed by atoms with Crippen molar-refractivity contribution in [3.05, 3.63) is 51.7 Å². The van der Waals surface area contributed by atoms with Gasteiger partial charge in [-0.3, -0.25) is 4.79 Å². The van der Waals surface area contributed by atoms with E-state index in [1.807, 2.05) is 19.9 Å².